The zero-order valence-electron chi connectivity index (χ0n) is 12.4. The zero-order chi connectivity index (χ0) is 14.6. The van der Waals surface area contributed by atoms with E-state index >= 15 is 0 Å². The largest absolute Gasteiger partial charge is 0.324 e. The third kappa shape index (κ3) is 5.21. The van der Waals surface area contributed by atoms with E-state index < -0.39 is 10.0 Å². The summed E-state index contributed by atoms with van der Waals surface area (Å²) in [5.74, 6) is 0. The van der Waals surface area contributed by atoms with Gasteiger partial charge >= 0.3 is 0 Å². The minimum Gasteiger partial charge on any atom is -0.324 e. The highest BCUT2D eigenvalue weighted by Gasteiger charge is 2.28. The van der Waals surface area contributed by atoms with Crippen LogP contribution in [-0.4, -0.2) is 20.5 Å². The Balaban J connectivity index is 0.00000220. The van der Waals surface area contributed by atoms with Crippen molar-refractivity contribution in [2.45, 2.75) is 61.6 Å². The van der Waals surface area contributed by atoms with E-state index in [0.29, 0.717) is 10.8 Å². The van der Waals surface area contributed by atoms with E-state index in [1.165, 1.54) is 24.2 Å². The van der Waals surface area contributed by atoms with Gasteiger partial charge in [-0.1, -0.05) is 32.6 Å². The molecule has 0 aromatic carbocycles. The average molecular weight is 353 g/mol. The van der Waals surface area contributed by atoms with Crippen LogP contribution in [0, 0.1) is 0 Å². The summed E-state index contributed by atoms with van der Waals surface area (Å²) in [6, 6.07) is 3.56. The monoisotopic (exact) mass is 352 g/mol. The third-order valence-corrected chi connectivity index (χ3v) is 7.09. The molecule has 0 aliphatic heterocycles. The standard InChI is InChI=1S/C14H24N2O2S2.ClH/c1-2-12-7-8-13(19-12)20(17,18)16-11-14(15)9-5-3-4-6-10-14;/h7-8,16H,2-6,9-11,15H2,1H3;1H. The normalized spacial score (nSPS) is 18.8. The summed E-state index contributed by atoms with van der Waals surface area (Å²) in [5, 5.41) is 0. The summed E-state index contributed by atoms with van der Waals surface area (Å²) < 4.78 is 27.7. The number of sulfonamides is 1. The average Bonchev–Trinajstić information content (AvgIpc) is 2.81. The van der Waals surface area contributed by atoms with Crippen molar-refractivity contribution in [3.8, 4) is 0 Å². The molecule has 21 heavy (non-hydrogen) atoms. The van der Waals surface area contributed by atoms with E-state index in [2.05, 4.69) is 4.72 Å². The molecule has 4 nitrogen and oxygen atoms in total. The molecule has 0 amide bonds. The van der Waals surface area contributed by atoms with Crippen LogP contribution < -0.4 is 10.5 Å². The first kappa shape index (κ1) is 18.9. The SMILES string of the molecule is CCc1ccc(S(=O)(=O)NCC2(N)CCCCCC2)s1.Cl. The summed E-state index contributed by atoms with van der Waals surface area (Å²) in [6.07, 6.45) is 7.27. The molecule has 0 bridgehead atoms. The molecule has 7 heteroatoms. The molecule has 1 heterocycles. The van der Waals surface area contributed by atoms with Gasteiger partial charge in [0.2, 0.25) is 10.0 Å². The van der Waals surface area contributed by atoms with Gasteiger partial charge in [-0.2, -0.15) is 0 Å². The van der Waals surface area contributed by atoms with E-state index in [-0.39, 0.29) is 17.9 Å². The van der Waals surface area contributed by atoms with Crippen molar-refractivity contribution in [2.75, 3.05) is 6.54 Å². The Bertz CT molecular complexity index is 535. The van der Waals surface area contributed by atoms with Crippen molar-refractivity contribution in [3.63, 3.8) is 0 Å². The topological polar surface area (TPSA) is 72.2 Å². The van der Waals surface area contributed by atoms with Crippen LogP contribution in [0.15, 0.2) is 16.3 Å². The van der Waals surface area contributed by atoms with Gasteiger partial charge in [0, 0.05) is 17.0 Å². The van der Waals surface area contributed by atoms with Crippen LogP contribution in [0.2, 0.25) is 0 Å². The molecule has 1 aromatic heterocycles. The molecular formula is C14H25ClN2O2S2. The summed E-state index contributed by atoms with van der Waals surface area (Å²) in [6.45, 7) is 2.37. The van der Waals surface area contributed by atoms with Crippen molar-refractivity contribution < 1.29 is 8.42 Å². The maximum atomic E-state index is 12.3. The quantitative estimate of drug-likeness (QED) is 0.800. The van der Waals surface area contributed by atoms with Crippen molar-refractivity contribution in [1.29, 1.82) is 0 Å². The lowest BCUT2D eigenvalue weighted by atomic mass is 9.92. The van der Waals surface area contributed by atoms with E-state index in [9.17, 15) is 8.42 Å². The number of hydrogen-bond donors (Lipinski definition) is 2. The van der Waals surface area contributed by atoms with Gasteiger partial charge < -0.3 is 5.73 Å². The molecule has 0 spiro atoms. The Morgan fingerprint density at radius 3 is 2.38 bits per heavy atom. The van der Waals surface area contributed by atoms with Gasteiger partial charge in [-0.05, 0) is 31.4 Å². The summed E-state index contributed by atoms with van der Waals surface area (Å²) in [7, 11) is -3.41. The molecule has 1 saturated carbocycles. The molecule has 122 valence electrons. The van der Waals surface area contributed by atoms with Gasteiger partial charge in [-0.15, -0.1) is 23.7 Å². The lowest BCUT2D eigenvalue weighted by molar-refractivity contribution is 0.369. The fourth-order valence-corrected chi connectivity index (χ4v) is 5.09. The first-order chi connectivity index (χ1) is 9.45. The van der Waals surface area contributed by atoms with Crippen LogP contribution in [0.5, 0.6) is 0 Å². The van der Waals surface area contributed by atoms with E-state index in [1.54, 1.807) is 6.07 Å². The Morgan fingerprint density at radius 1 is 1.24 bits per heavy atom. The molecular weight excluding hydrogens is 328 g/mol. The fraction of sp³-hybridized carbons (Fsp3) is 0.714. The van der Waals surface area contributed by atoms with Crippen LogP contribution in [0.3, 0.4) is 0 Å². The third-order valence-electron chi connectivity index (χ3n) is 3.96. The molecule has 3 N–H and O–H groups in total. The highest BCUT2D eigenvalue weighted by Crippen LogP contribution is 2.26. The van der Waals surface area contributed by atoms with Crippen molar-refractivity contribution in [2.24, 2.45) is 5.73 Å². The van der Waals surface area contributed by atoms with E-state index in [1.807, 2.05) is 13.0 Å². The molecule has 2 rings (SSSR count). The van der Waals surface area contributed by atoms with Crippen LogP contribution in [0.4, 0.5) is 0 Å². The molecule has 0 radical (unpaired) electrons. The second kappa shape index (κ2) is 7.92. The summed E-state index contributed by atoms with van der Waals surface area (Å²) in [5.41, 5.74) is 5.97. The fourth-order valence-electron chi connectivity index (χ4n) is 2.61. The lowest BCUT2D eigenvalue weighted by Crippen LogP contribution is -2.49. The number of aryl methyl sites for hydroxylation is 1. The number of thiophene rings is 1. The van der Waals surface area contributed by atoms with Gasteiger partial charge in [0.05, 0.1) is 0 Å². The molecule has 0 saturated heterocycles. The molecule has 1 fully saturated rings. The predicted molar refractivity (Wildman–Crippen MR) is 90.8 cm³/mol. The number of nitrogens with two attached hydrogens (primary N) is 1. The minimum atomic E-state index is -3.41. The van der Waals surface area contributed by atoms with Gasteiger partial charge in [-0.25, -0.2) is 13.1 Å². The molecule has 1 aliphatic carbocycles. The summed E-state index contributed by atoms with van der Waals surface area (Å²) >= 11 is 1.34. The Morgan fingerprint density at radius 2 is 1.86 bits per heavy atom. The highest BCUT2D eigenvalue weighted by molar-refractivity contribution is 7.91. The van der Waals surface area contributed by atoms with E-state index in [4.69, 9.17) is 5.73 Å². The second-order valence-electron chi connectivity index (χ2n) is 5.68. The van der Waals surface area contributed by atoms with Gasteiger partial charge in [0.15, 0.2) is 0 Å². The zero-order valence-corrected chi connectivity index (χ0v) is 14.9. The Hall–Kier alpha value is -0.140. The second-order valence-corrected chi connectivity index (χ2v) is 8.84. The molecule has 0 atom stereocenters. The molecule has 1 aliphatic rings. The Kier molecular flexibility index (Phi) is 7.13. The van der Waals surface area contributed by atoms with Crippen molar-refractivity contribution in [3.05, 3.63) is 17.0 Å². The Labute approximate surface area is 138 Å². The lowest BCUT2D eigenvalue weighted by Gasteiger charge is -2.28. The number of nitrogens with one attached hydrogen (secondary N) is 1. The number of rotatable bonds is 5. The first-order valence-corrected chi connectivity index (χ1v) is 9.62. The molecule has 1 aromatic rings. The van der Waals surface area contributed by atoms with Crippen molar-refractivity contribution >= 4 is 33.8 Å². The van der Waals surface area contributed by atoms with Crippen LogP contribution in [0.25, 0.3) is 0 Å². The van der Waals surface area contributed by atoms with Gasteiger partial charge in [0.1, 0.15) is 4.21 Å². The number of halogens is 1. The smallest absolute Gasteiger partial charge is 0.250 e. The van der Waals surface area contributed by atoms with Gasteiger partial charge in [-0.3, -0.25) is 0 Å². The van der Waals surface area contributed by atoms with Gasteiger partial charge in [0.25, 0.3) is 0 Å². The van der Waals surface area contributed by atoms with Crippen molar-refractivity contribution in [1.82, 2.24) is 4.72 Å². The maximum absolute atomic E-state index is 12.3. The van der Waals surface area contributed by atoms with Crippen LogP contribution >= 0.6 is 23.7 Å². The molecule has 0 unspecified atom stereocenters. The van der Waals surface area contributed by atoms with E-state index in [0.717, 1.165) is 37.0 Å². The maximum Gasteiger partial charge on any atom is 0.250 e. The predicted octanol–water partition coefficient (Wildman–Crippen LogP) is 3.06. The minimum absolute atomic E-state index is 0. The highest BCUT2D eigenvalue weighted by atomic mass is 35.5. The number of hydrogen-bond acceptors (Lipinski definition) is 4. The summed E-state index contributed by atoms with van der Waals surface area (Å²) in [4.78, 5) is 1.09. The first-order valence-electron chi connectivity index (χ1n) is 7.32. The van der Waals surface area contributed by atoms with Crippen LogP contribution in [0.1, 0.15) is 50.3 Å². The van der Waals surface area contributed by atoms with Crippen LogP contribution in [-0.2, 0) is 16.4 Å².